The third-order valence-electron chi connectivity index (χ3n) is 4.95. The van der Waals surface area contributed by atoms with E-state index < -0.39 is 23.6 Å². The standard InChI is InChI=1S/C24H19FN4O4/c1-14(30)23(31)28-17-7-3-5-15(9-17)21-13-27-22-20(21)11-19(12-26-22)29(24(32)33-2)18-8-4-6-16(25)10-18/h3-13H,1-2H3,(H,26,27)(H,28,31). The van der Waals surface area contributed by atoms with Gasteiger partial charge in [0.2, 0.25) is 5.78 Å². The van der Waals surface area contributed by atoms with Crippen LogP contribution in [-0.2, 0) is 14.3 Å². The minimum atomic E-state index is -0.709. The number of aromatic nitrogens is 2. The summed E-state index contributed by atoms with van der Waals surface area (Å²) in [4.78, 5) is 44.2. The summed E-state index contributed by atoms with van der Waals surface area (Å²) in [6.07, 6.45) is 2.53. The van der Waals surface area contributed by atoms with E-state index in [0.29, 0.717) is 22.4 Å². The average molecular weight is 446 g/mol. The van der Waals surface area contributed by atoms with E-state index in [2.05, 4.69) is 15.3 Å². The number of nitrogens with zero attached hydrogens (tertiary/aromatic N) is 2. The molecule has 0 saturated heterocycles. The molecule has 2 aromatic heterocycles. The number of hydrogen-bond donors (Lipinski definition) is 2. The molecule has 2 aromatic carbocycles. The van der Waals surface area contributed by atoms with Crippen LogP contribution in [-0.4, -0.2) is 34.9 Å². The Balaban J connectivity index is 1.78. The number of fused-ring (bicyclic) bond motifs is 1. The summed E-state index contributed by atoms with van der Waals surface area (Å²) in [6, 6.07) is 14.3. The fourth-order valence-electron chi connectivity index (χ4n) is 3.40. The zero-order chi connectivity index (χ0) is 23.5. The highest BCUT2D eigenvalue weighted by atomic mass is 19.1. The molecule has 33 heavy (non-hydrogen) atoms. The fourth-order valence-corrected chi connectivity index (χ4v) is 3.40. The van der Waals surface area contributed by atoms with E-state index in [9.17, 15) is 18.8 Å². The number of carbonyl (C=O) groups is 3. The van der Waals surface area contributed by atoms with Gasteiger partial charge in [0.1, 0.15) is 11.5 Å². The molecule has 0 aliphatic carbocycles. The van der Waals surface area contributed by atoms with Gasteiger partial charge in [0.25, 0.3) is 5.91 Å². The molecule has 0 bridgehead atoms. The number of rotatable bonds is 5. The number of halogens is 1. The van der Waals surface area contributed by atoms with Crippen molar-refractivity contribution in [2.75, 3.05) is 17.3 Å². The highest BCUT2D eigenvalue weighted by Crippen LogP contribution is 2.34. The molecule has 0 atom stereocenters. The van der Waals surface area contributed by atoms with Gasteiger partial charge in [-0.15, -0.1) is 0 Å². The number of ketones is 1. The number of Topliss-reactive ketones (excluding diaryl/α,β-unsaturated/α-hetero) is 1. The molecular weight excluding hydrogens is 427 g/mol. The number of benzene rings is 2. The van der Waals surface area contributed by atoms with Crippen molar-refractivity contribution in [3.63, 3.8) is 0 Å². The fraction of sp³-hybridized carbons (Fsp3) is 0.0833. The Hall–Kier alpha value is -4.53. The molecule has 4 aromatic rings. The quantitative estimate of drug-likeness (QED) is 0.429. The maximum absolute atomic E-state index is 13.8. The van der Waals surface area contributed by atoms with E-state index in [-0.39, 0.29) is 5.69 Å². The first-order valence-electron chi connectivity index (χ1n) is 9.90. The Morgan fingerprint density at radius 2 is 1.85 bits per heavy atom. The second-order valence-corrected chi connectivity index (χ2v) is 7.17. The van der Waals surface area contributed by atoms with E-state index in [0.717, 1.165) is 11.1 Å². The van der Waals surface area contributed by atoms with Crippen molar-refractivity contribution in [1.82, 2.24) is 9.97 Å². The van der Waals surface area contributed by atoms with Crippen molar-refractivity contribution in [2.24, 2.45) is 0 Å². The molecule has 4 rings (SSSR count). The predicted molar refractivity (Wildman–Crippen MR) is 122 cm³/mol. The van der Waals surface area contributed by atoms with E-state index >= 15 is 0 Å². The van der Waals surface area contributed by atoms with Crippen molar-refractivity contribution < 1.29 is 23.5 Å². The largest absolute Gasteiger partial charge is 0.452 e. The van der Waals surface area contributed by atoms with Crippen LogP contribution in [0.2, 0.25) is 0 Å². The molecule has 2 heterocycles. The van der Waals surface area contributed by atoms with E-state index in [4.69, 9.17) is 4.74 Å². The summed E-state index contributed by atoms with van der Waals surface area (Å²) in [5, 5.41) is 3.24. The molecule has 0 aliphatic rings. The normalized spacial score (nSPS) is 10.6. The lowest BCUT2D eigenvalue weighted by Crippen LogP contribution is -2.25. The highest BCUT2D eigenvalue weighted by molar-refractivity contribution is 6.39. The molecule has 2 amide bonds. The zero-order valence-corrected chi connectivity index (χ0v) is 17.8. The lowest BCUT2D eigenvalue weighted by Gasteiger charge is -2.21. The first-order valence-corrected chi connectivity index (χ1v) is 9.90. The summed E-state index contributed by atoms with van der Waals surface area (Å²) < 4.78 is 18.7. The van der Waals surface area contributed by atoms with Gasteiger partial charge in [-0.25, -0.2) is 19.1 Å². The number of hydrogen-bond acceptors (Lipinski definition) is 5. The SMILES string of the molecule is COC(=O)N(c1cccc(F)c1)c1cnc2[nH]cc(-c3cccc(NC(=O)C(C)=O)c3)c2c1. The second-order valence-electron chi connectivity index (χ2n) is 7.17. The van der Waals surface area contributed by atoms with Gasteiger partial charge in [-0.2, -0.15) is 0 Å². The Bertz CT molecular complexity index is 1380. The number of amides is 2. The van der Waals surface area contributed by atoms with Crippen LogP contribution in [0.5, 0.6) is 0 Å². The topological polar surface area (TPSA) is 104 Å². The third kappa shape index (κ3) is 4.42. The minimum Gasteiger partial charge on any atom is -0.452 e. The number of anilines is 3. The van der Waals surface area contributed by atoms with Crippen LogP contribution in [0, 0.1) is 5.82 Å². The summed E-state index contributed by atoms with van der Waals surface area (Å²) in [6.45, 7) is 1.19. The molecule has 0 spiro atoms. The molecule has 2 N–H and O–H groups in total. The van der Waals surface area contributed by atoms with Gasteiger partial charge >= 0.3 is 6.09 Å². The third-order valence-corrected chi connectivity index (χ3v) is 4.95. The number of ether oxygens (including phenoxy) is 1. The van der Waals surface area contributed by atoms with Gasteiger partial charge in [0.15, 0.2) is 0 Å². The maximum Gasteiger partial charge on any atom is 0.418 e. The Morgan fingerprint density at radius 1 is 1.06 bits per heavy atom. The Kier molecular flexibility index (Phi) is 5.86. The van der Waals surface area contributed by atoms with Crippen LogP contribution < -0.4 is 10.2 Å². The minimum absolute atomic E-state index is 0.286. The zero-order valence-electron chi connectivity index (χ0n) is 17.8. The number of methoxy groups -OCH3 is 1. The molecule has 0 radical (unpaired) electrons. The lowest BCUT2D eigenvalue weighted by molar-refractivity contribution is -0.133. The molecule has 0 aliphatic heterocycles. The van der Waals surface area contributed by atoms with Crippen LogP contribution in [0.15, 0.2) is 67.0 Å². The second kappa shape index (κ2) is 8.91. The van der Waals surface area contributed by atoms with Gasteiger partial charge in [0, 0.05) is 29.8 Å². The Morgan fingerprint density at radius 3 is 2.58 bits per heavy atom. The maximum atomic E-state index is 13.8. The highest BCUT2D eigenvalue weighted by Gasteiger charge is 2.21. The number of aromatic amines is 1. The summed E-state index contributed by atoms with van der Waals surface area (Å²) in [5.41, 5.74) is 3.19. The van der Waals surface area contributed by atoms with Gasteiger partial charge in [-0.1, -0.05) is 18.2 Å². The number of pyridine rings is 1. The predicted octanol–water partition coefficient (Wildman–Crippen LogP) is 4.80. The van der Waals surface area contributed by atoms with Gasteiger partial charge in [-0.05, 0) is 42.0 Å². The lowest BCUT2D eigenvalue weighted by atomic mass is 10.0. The monoisotopic (exact) mass is 446 g/mol. The number of carbonyl (C=O) groups excluding carboxylic acids is 3. The first-order chi connectivity index (χ1) is 15.9. The van der Waals surface area contributed by atoms with Crippen LogP contribution in [0.4, 0.5) is 26.2 Å². The number of nitrogens with one attached hydrogen (secondary N) is 2. The summed E-state index contributed by atoms with van der Waals surface area (Å²) >= 11 is 0. The summed E-state index contributed by atoms with van der Waals surface area (Å²) in [7, 11) is 1.24. The van der Waals surface area contributed by atoms with Gasteiger partial charge < -0.3 is 15.0 Å². The molecular formula is C24H19FN4O4. The van der Waals surface area contributed by atoms with E-state index in [1.165, 1.54) is 43.3 Å². The van der Waals surface area contributed by atoms with Crippen LogP contribution in [0.1, 0.15) is 6.92 Å². The van der Waals surface area contributed by atoms with Crippen LogP contribution in [0.25, 0.3) is 22.2 Å². The van der Waals surface area contributed by atoms with Crippen LogP contribution >= 0.6 is 0 Å². The van der Waals surface area contributed by atoms with Crippen molar-refractivity contribution >= 4 is 45.9 Å². The molecule has 0 fully saturated rings. The molecule has 166 valence electrons. The van der Waals surface area contributed by atoms with Crippen molar-refractivity contribution in [3.8, 4) is 11.1 Å². The Labute approximate surface area is 188 Å². The van der Waals surface area contributed by atoms with Crippen molar-refractivity contribution in [1.29, 1.82) is 0 Å². The van der Waals surface area contributed by atoms with E-state index in [1.807, 2.05) is 6.07 Å². The molecule has 9 heteroatoms. The van der Waals surface area contributed by atoms with E-state index in [1.54, 1.807) is 36.5 Å². The summed E-state index contributed by atoms with van der Waals surface area (Å²) in [5.74, 6) is -1.80. The van der Waals surface area contributed by atoms with Crippen molar-refractivity contribution in [3.05, 3.63) is 72.8 Å². The smallest absolute Gasteiger partial charge is 0.418 e. The van der Waals surface area contributed by atoms with Crippen LogP contribution in [0.3, 0.4) is 0 Å². The van der Waals surface area contributed by atoms with Gasteiger partial charge in [-0.3, -0.25) is 9.59 Å². The molecule has 0 unspecified atom stereocenters. The number of H-pyrrole nitrogens is 1. The molecule has 0 saturated carbocycles. The molecule has 8 nitrogen and oxygen atoms in total. The average Bonchev–Trinajstić information content (AvgIpc) is 3.22. The van der Waals surface area contributed by atoms with Gasteiger partial charge in [0.05, 0.1) is 24.7 Å². The van der Waals surface area contributed by atoms with Crippen molar-refractivity contribution in [2.45, 2.75) is 6.92 Å². The first kappa shape index (κ1) is 21.7.